The second-order valence-corrected chi connectivity index (χ2v) is 14.0. The van der Waals surface area contributed by atoms with Crippen LogP contribution >= 0.6 is 0 Å². The van der Waals surface area contributed by atoms with Crippen LogP contribution in [0.5, 0.6) is 0 Å². The number of hydrogen-bond acceptors (Lipinski definition) is 3. The molecule has 0 fully saturated rings. The van der Waals surface area contributed by atoms with E-state index in [0.717, 1.165) is 44.6 Å². The molecular formula is C48H29N3O. The lowest BCUT2D eigenvalue weighted by Crippen LogP contribution is -2.44. The lowest BCUT2D eigenvalue weighted by molar-refractivity contribution is 0.584. The number of nitrogens with zero attached hydrogens (tertiary/aromatic N) is 3. The molecule has 242 valence electrons. The minimum absolute atomic E-state index is 0.157. The molecule has 0 amide bonds. The van der Waals surface area contributed by atoms with Gasteiger partial charge in [-0.25, -0.2) is 4.98 Å². The van der Waals surface area contributed by atoms with Gasteiger partial charge in [0.05, 0.1) is 22.1 Å². The van der Waals surface area contributed by atoms with Crippen molar-refractivity contribution >= 4 is 43.9 Å². The van der Waals surface area contributed by atoms with Crippen molar-refractivity contribution < 1.29 is 4.42 Å². The number of rotatable bonds is 3. The topological polar surface area (TPSA) is 43.9 Å². The van der Waals surface area contributed by atoms with Crippen molar-refractivity contribution in [1.82, 2.24) is 14.5 Å². The summed E-state index contributed by atoms with van der Waals surface area (Å²) < 4.78 is 9.03. The molecule has 3 aliphatic carbocycles. The monoisotopic (exact) mass is 663 g/mol. The van der Waals surface area contributed by atoms with Gasteiger partial charge in [-0.2, -0.15) is 4.98 Å². The summed E-state index contributed by atoms with van der Waals surface area (Å²) in [6, 6.07) is 61.0. The SMILES string of the molecule is c1ccc(-n2c3ccccc3c3cc(-c4nc(C56c7ccccc7C(c7ccccc75)c5ccccc56)nc5oc6ccccc6c45)ccc32)cc1. The van der Waals surface area contributed by atoms with E-state index in [2.05, 4.69) is 162 Å². The fourth-order valence-electron chi connectivity index (χ4n) is 9.55. The van der Waals surface area contributed by atoms with E-state index in [0.29, 0.717) is 5.71 Å². The molecule has 0 saturated heterocycles. The van der Waals surface area contributed by atoms with Crippen LogP contribution in [0.25, 0.3) is 60.8 Å². The van der Waals surface area contributed by atoms with Gasteiger partial charge in [0.25, 0.3) is 0 Å². The van der Waals surface area contributed by atoms with E-state index in [9.17, 15) is 0 Å². The summed E-state index contributed by atoms with van der Waals surface area (Å²) in [5.41, 5.74) is 13.7. The molecule has 0 radical (unpaired) electrons. The van der Waals surface area contributed by atoms with Gasteiger partial charge in [-0.3, -0.25) is 0 Å². The number of hydrogen-bond donors (Lipinski definition) is 0. The molecule has 0 unspecified atom stereocenters. The van der Waals surface area contributed by atoms with Crippen LogP contribution < -0.4 is 0 Å². The number of furan rings is 1. The van der Waals surface area contributed by atoms with Crippen LogP contribution in [0.15, 0.2) is 174 Å². The number of benzene rings is 7. The molecular weight excluding hydrogens is 635 g/mol. The largest absolute Gasteiger partial charge is 0.438 e. The van der Waals surface area contributed by atoms with Crippen molar-refractivity contribution in [1.29, 1.82) is 0 Å². The Morgan fingerprint density at radius 2 is 1.08 bits per heavy atom. The molecule has 0 saturated carbocycles. The predicted octanol–water partition coefficient (Wildman–Crippen LogP) is 11.3. The molecule has 3 aromatic heterocycles. The van der Waals surface area contributed by atoms with Crippen LogP contribution in [0.2, 0.25) is 0 Å². The Kier molecular flexibility index (Phi) is 5.46. The third-order valence-corrected chi connectivity index (χ3v) is 11.6. The maximum atomic E-state index is 6.68. The van der Waals surface area contributed by atoms with Crippen molar-refractivity contribution in [2.45, 2.75) is 11.3 Å². The van der Waals surface area contributed by atoms with E-state index < -0.39 is 5.41 Å². The van der Waals surface area contributed by atoms with Gasteiger partial charge in [-0.15, -0.1) is 0 Å². The van der Waals surface area contributed by atoms with Gasteiger partial charge in [0.1, 0.15) is 11.0 Å². The van der Waals surface area contributed by atoms with Gasteiger partial charge < -0.3 is 8.98 Å². The fraction of sp³-hybridized carbons (Fsp3) is 0.0417. The van der Waals surface area contributed by atoms with Gasteiger partial charge in [0.15, 0.2) is 5.82 Å². The predicted molar refractivity (Wildman–Crippen MR) is 208 cm³/mol. The molecule has 4 heteroatoms. The van der Waals surface area contributed by atoms with E-state index >= 15 is 0 Å². The van der Waals surface area contributed by atoms with Crippen LogP contribution in [-0.4, -0.2) is 14.5 Å². The quantitative estimate of drug-likeness (QED) is 0.189. The highest BCUT2D eigenvalue weighted by atomic mass is 16.3. The molecule has 52 heavy (non-hydrogen) atoms. The first-order valence-corrected chi connectivity index (χ1v) is 17.9. The Morgan fingerprint density at radius 1 is 0.500 bits per heavy atom. The first kappa shape index (κ1) is 28.0. The average Bonchev–Trinajstić information content (AvgIpc) is 3.76. The first-order chi connectivity index (χ1) is 25.8. The third kappa shape index (κ3) is 3.46. The molecule has 2 bridgehead atoms. The van der Waals surface area contributed by atoms with Crippen LogP contribution in [0.1, 0.15) is 45.1 Å². The maximum absolute atomic E-state index is 6.68. The molecule has 13 rings (SSSR count). The number of fused-ring (bicyclic) bond motifs is 6. The van der Waals surface area contributed by atoms with Crippen molar-refractivity contribution in [2.75, 3.05) is 0 Å². The molecule has 0 N–H and O–H groups in total. The summed E-state index contributed by atoms with van der Waals surface area (Å²) in [5, 5.41) is 4.32. The molecule has 0 aliphatic heterocycles. The maximum Gasteiger partial charge on any atom is 0.231 e. The molecule has 0 atom stereocenters. The fourth-order valence-corrected chi connectivity index (χ4v) is 9.55. The van der Waals surface area contributed by atoms with E-state index in [-0.39, 0.29) is 5.92 Å². The van der Waals surface area contributed by atoms with Crippen molar-refractivity contribution in [3.63, 3.8) is 0 Å². The summed E-state index contributed by atoms with van der Waals surface area (Å²) in [6.07, 6.45) is 0. The molecule has 4 nitrogen and oxygen atoms in total. The smallest absolute Gasteiger partial charge is 0.231 e. The average molecular weight is 664 g/mol. The van der Waals surface area contributed by atoms with Gasteiger partial charge in [-0.1, -0.05) is 133 Å². The Balaban J connectivity index is 1.21. The minimum Gasteiger partial charge on any atom is -0.438 e. The minimum atomic E-state index is -0.728. The lowest BCUT2D eigenvalue weighted by Gasteiger charge is -2.49. The van der Waals surface area contributed by atoms with Crippen molar-refractivity contribution in [3.8, 4) is 16.9 Å². The third-order valence-electron chi connectivity index (χ3n) is 11.6. The highest BCUT2D eigenvalue weighted by Gasteiger charge is 2.54. The van der Waals surface area contributed by atoms with E-state index in [1.807, 2.05) is 12.1 Å². The second kappa shape index (κ2) is 10.1. The van der Waals surface area contributed by atoms with Gasteiger partial charge in [-0.05, 0) is 69.8 Å². The van der Waals surface area contributed by atoms with E-state index in [1.54, 1.807) is 0 Å². The van der Waals surface area contributed by atoms with Gasteiger partial charge >= 0.3 is 0 Å². The summed E-state index contributed by atoms with van der Waals surface area (Å²) in [5.74, 6) is 0.885. The lowest BCUT2D eigenvalue weighted by atomic mass is 9.52. The Labute approximate surface area is 299 Å². The van der Waals surface area contributed by atoms with Crippen LogP contribution in [0, 0.1) is 0 Å². The summed E-state index contributed by atoms with van der Waals surface area (Å²) in [6.45, 7) is 0. The van der Waals surface area contributed by atoms with Crippen molar-refractivity contribution in [3.05, 3.63) is 209 Å². The zero-order valence-corrected chi connectivity index (χ0v) is 28.0. The molecule has 7 aromatic carbocycles. The van der Waals surface area contributed by atoms with Gasteiger partial charge in [0, 0.05) is 33.3 Å². The Bertz CT molecular complexity index is 2980. The summed E-state index contributed by atoms with van der Waals surface area (Å²) in [4.78, 5) is 11.2. The highest BCUT2D eigenvalue weighted by molar-refractivity contribution is 6.14. The first-order valence-electron chi connectivity index (χ1n) is 17.9. The van der Waals surface area contributed by atoms with E-state index in [1.165, 1.54) is 49.7 Å². The standard InChI is InChI=1S/C48H29N3O/c1-2-14-30(15-3-1)51-40-24-12-7-16-31(40)36-28-29(26-27-41(36)51)45-44-35-20-8-13-25-42(35)52-46(44)50-47(49-45)48-37-21-9-4-17-32(37)43(33-18-5-10-22-38(33)48)34-19-6-11-23-39(34)48/h1-28,43H. The van der Waals surface area contributed by atoms with Crippen molar-refractivity contribution in [2.24, 2.45) is 0 Å². The summed E-state index contributed by atoms with van der Waals surface area (Å²) in [7, 11) is 0. The van der Waals surface area contributed by atoms with Crippen LogP contribution in [0.4, 0.5) is 0 Å². The van der Waals surface area contributed by atoms with Crippen LogP contribution in [-0.2, 0) is 5.41 Å². The molecule has 3 aliphatic rings. The zero-order chi connectivity index (χ0) is 34.0. The Hall–Kier alpha value is -6.78. The molecule has 0 spiro atoms. The second-order valence-electron chi connectivity index (χ2n) is 14.0. The van der Waals surface area contributed by atoms with Gasteiger partial charge in [0.2, 0.25) is 5.71 Å². The van der Waals surface area contributed by atoms with Crippen LogP contribution in [0.3, 0.4) is 0 Å². The summed E-state index contributed by atoms with van der Waals surface area (Å²) >= 11 is 0. The Morgan fingerprint density at radius 3 is 1.79 bits per heavy atom. The van der Waals surface area contributed by atoms with E-state index in [4.69, 9.17) is 14.4 Å². The molecule has 10 aromatic rings. The number of aromatic nitrogens is 3. The highest BCUT2D eigenvalue weighted by Crippen LogP contribution is 2.61. The normalized spacial score (nSPS) is 17.1. The number of para-hydroxylation sites is 3. The molecule has 3 heterocycles. The zero-order valence-electron chi connectivity index (χ0n) is 28.0.